The normalized spacial score (nSPS) is 10.4. The summed E-state index contributed by atoms with van der Waals surface area (Å²) in [5.41, 5.74) is 3.76. The van der Waals surface area contributed by atoms with Crippen LogP contribution in [0, 0.1) is 13.8 Å². The molecule has 1 aromatic carbocycles. The molecule has 5 heteroatoms. The van der Waals surface area contributed by atoms with Gasteiger partial charge in [0.2, 0.25) is 0 Å². The Morgan fingerprint density at radius 2 is 2.14 bits per heavy atom. The van der Waals surface area contributed by atoms with Gasteiger partial charge in [0, 0.05) is 36.3 Å². The van der Waals surface area contributed by atoms with Gasteiger partial charge in [-0.1, -0.05) is 6.07 Å². The predicted molar refractivity (Wildman–Crippen MR) is 88.2 cm³/mol. The lowest BCUT2D eigenvalue weighted by atomic mass is 10.1. The van der Waals surface area contributed by atoms with Crippen LogP contribution in [0.1, 0.15) is 33.5 Å². The second-order valence-corrected chi connectivity index (χ2v) is 5.91. The van der Waals surface area contributed by atoms with Crippen LogP contribution in [0.4, 0.5) is 5.69 Å². The van der Waals surface area contributed by atoms with Gasteiger partial charge in [-0.3, -0.25) is 4.79 Å². The average molecular weight is 303 g/mol. The first-order chi connectivity index (χ1) is 10.1. The maximum Gasteiger partial charge on any atom is 0.253 e. The Morgan fingerprint density at radius 1 is 1.33 bits per heavy atom. The highest BCUT2D eigenvalue weighted by Gasteiger charge is 2.11. The fourth-order valence-corrected chi connectivity index (χ4v) is 2.86. The number of aryl methyl sites for hydroxylation is 2. The lowest BCUT2D eigenvalue weighted by Gasteiger charge is -2.11. The molecule has 21 heavy (non-hydrogen) atoms. The zero-order chi connectivity index (χ0) is 15.2. The fourth-order valence-electron chi connectivity index (χ4n) is 2.09. The minimum atomic E-state index is -0.0424. The van der Waals surface area contributed by atoms with Crippen molar-refractivity contribution in [3.8, 4) is 0 Å². The van der Waals surface area contributed by atoms with Crippen molar-refractivity contribution >= 4 is 22.9 Å². The molecule has 2 rings (SSSR count). The molecule has 0 aliphatic rings. The number of rotatable bonds is 6. The molecule has 0 aliphatic heterocycles. The minimum absolute atomic E-state index is 0.0424. The first-order valence-corrected chi connectivity index (χ1v) is 8.02. The number of benzene rings is 1. The Hall–Kier alpha value is -1.88. The highest BCUT2D eigenvalue weighted by Crippen LogP contribution is 2.17. The quantitative estimate of drug-likeness (QED) is 0.862. The molecule has 0 bridgehead atoms. The highest BCUT2D eigenvalue weighted by molar-refractivity contribution is 7.09. The molecule has 2 aromatic rings. The third kappa shape index (κ3) is 4.29. The van der Waals surface area contributed by atoms with Crippen LogP contribution in [-0.4, -0.2) is 24.0 Å². The number of carbonyl (C=O) groups excluding carboxylic acids is 1. The lowest BCUT2D eigenvalue weighted by Crippen LogP contribution is -2.26. The topological polar surface area (TPSA) is 54.0 Å². The summed E-state index contributed by atoms with van der Waals surface area (Å²) in [6.45, 7) is 7.42. The number of amides is 1. The van der Waals surface area contributed by atoms with E-state index in [1.54, 1.807) is 11.3 Å². The fraction of sp³-hybridized carbons (Fsp3) is 0.375. The Bertz CT molecular complexity index is 622. The summed E-state index contributed by atoms with van der Waals surface area (Å²) < 4.78 is 0. The number of carbonyl (C=O) groups is 1. The molecule has 1 aromatic heterocycles. The molecule has 4 nitrogen and oxygen atoms in total. The first-order valence-electron chi connectivity index (χ1n) is 7.14. The smallest absolute Gasteiger partial charge is 0.253 e. The van der Waals surface area contributed by atoms with Crippen molar-refractivity contribution in [2.24, 2.45) is 0 Å². The summed E-state index contributed by atoms with van der Waals surface area (Å²) in [5.74, 6) is -0.0424. The van der Waals surface area contributed by atoms with Crippen molar-refractivity contribution in [3.05, 3.63) is 45.4 Å². The van der Waals surface area contributed by atoms with Gasteiger partial charge in [-0.15, -0.1) is 11.3 Å². The number of hydrogen-bond acceptors (Lipinski definition) is 4. The molecular weight excluding hydrogens is 282 g/mol. The number of anilines is 1. The van der Waals surface area contributed by atoms with E-state index in [4.69, 9.17) is 0 Å². The summed E-state index contributed by atoms with van der Waals surface area (Å²) in [7, 11) is 0. The number of thiazole rings is 1. The second kappa shape index (κ2) is 7.22. The van der Waals surface area contributed by atoms with Crippen molar-refractivity contribution in [1.29, 1.82) is 0 Å². The van der Waals surface area contributed by atoms with E-state index in [1.807, 2.05) is 44.4 Å². The van der Waals surface area contributed by atoms with Crippen molar-refractivity contribution in [2.75, 3.05) is 18.4 Å². The van der Waals surface area contributed by atoms with Crippen LogP contribution in [0.3, 0.4) is 0 Å². The summed E-state index contributed by atoms with van der Waals surface area (Å²) in [6, 6.07) is 5.83. The zero-order valence-corrected chi connectivity index (χ0v) is 13.5. The molecule has 0 fully saturated rings. The van der Waals surface area contributed by atoms with Crippen LogP contribution in [0.15, 0.2) is 23.6 Å². The van der Waals surface area contributed by atoms with Crippen LogP contribution >= 0.6 is 11.3 Å². The largest absolute Gasteiger partial charge is 0.385 e. The molecular formula is C16H21N3OS. The first kappa shape index (κ1) is 15.5. The van der Waals surface area contributed by atoms with Crippen molar-refractivity contribution in [2.45, 2.75) is 27.2 Å². The van der Waals surface area contributed by atoms with Gasteiger partial charge in [0.25, 0.3) is 5.91 Å². The minimum Gasteiger partial charge on any atom is -0.385 e. The molecule has 0 radical (unpaired) electrons. The monoisotopic (exact) mass is 303 g/mol. The molecule has 0 aliphatic carbocycles. The van der Waals surface area contributed by atoms with Crippen molar-refractivity contribution in [1.82, 2.24) is 10.3 Å². The maximum atomic E-state index is 12.3. The highest BCUT2D eigenvalue weighted by atomic mass is 32.1. The summed E-state index contributed by atoms with van der Waals surface area (Å²) in [6.07, 6.45) is 0.770. The average Bonchev–Trinajstić information content (AvgIpc) is 2.85. The van der Waals surface area contributed by atoms with Gasteiger partial charge in [-0.25, -0.2) is 4.98 Å². The number of nitrogens with one attached hydrogen (secondary N) is 2. The molecule has 0 unspecified atom stereocenters. The Kier molecular flexibility index (Phi) is 5.33. The Morgan fingerprint density at radius 3 is 2.81 bits per heavy atom. The summed E-state index contributed by atoms with van der Waals surface area (Å²) in [5, 5.41) is 9.29. The van der Waals surface area contributed by atoms with Crippen molar-refractivity contribution in [3.63, 3.8) is 0 Å². The van der Waals surface area contributed by atoms with E-state index in [0.717, 1.165) is 34.9 Å². The number of nitrogens with zero attached hydrogens (tertiary/aromatic N) is 1. The Labute approximate surface area is 129 Å². The van der Waals surface area contributed by atoms with E-state index < -0.39 is 0 Å². The van der Waals surface area contributed by atoms with Crippen LogP contribution < -0.4 is 10.6 Å². The van der Waals surface area contributed by atoms with Gasteiger partial charge in [-0.2, -0.15) is 0 Å². The molecule has 1 heterocycles. The van der Waals surface area contributed by atoms with Gasteiger partial charge in [-0.05, 0) is 38.5 Å². The van der Waals surface area contributed by atoms with E-state index >= 15 is 0 Å². The van der Waals surface area contributed by atoms with E-state index in [2.05, 4.69) is 15.6 Å². The third-order valence-electron chi connectivity index (χ3n) is 3.08. The van der Waals surface area contributed by atoms with Gasteiger partial charge in [0.05, 0.1) is 10.6 Å². The van der Waals surface area contributed by atoms with Gasteiger partial charge in [0.1, 0.15) is 0 Å². The zero-order valence-electron chi connectivity index (χ0n) is 12.7. The summed E-state index contributed by atoms with van der Waals surface area (Å²) >= 11 is 1.64. The standard InChI is InChI=1S/C16H21N3OS/c1-4-17-14-9-11(2)5-6-13(14)16(20)18-8-7-15-19-12(3)10-21-15/h5-6,9-10,17H,4,7-8H2,1-3H3,(H,18,20). The summed E-state index contributed by atoms with van der Waals surface area (Å²) in [4.78, 5) is 16.7. The molecule has 112 valence electrons. The van der Waals surface area contributed by atoms with E-state index in [-0.39, 0.29) is 5.91 Å². The van der Waals surface area contributed by atoms with Crippen LogP contribution in [0.2, 0.25) is 0 Å². The van der Waals surface area contributed by atoms with E-state index in [9.17, 15) is 4.79 Å². The SMILES string of the molecule is CCNc1cc(C)ccc1C(=O)NCCc1nc(C)cs1. The third-order valence-corrected chi connectivity index (χ3v) is 4.10. The van der Waals surface area contributed by atoms with Crippen LogP contribution in [0.25, 0.3) is 0 Å². The Balaban J connectivity index is 1.96. The van der Waals surface area contributed by atoms with Crippen LogP contribution in [-0.2, 0) is 6.42 Å². The van der Waals surface area contributed by atoms with E-state index in [0.29, 0.717) is 12.1 Å². The molecule has 0 saturated carbocycles. The molecule has 0 atom stereocenters. The predicted octanol–water partition coefficient (Wildman–Crippen LogP) is 3.16. The molecule has 1 amide bonds. The van der Waals surface area contributed by atoms with Gasteiger partial charge < -0.3 is 10.6 Å². The van der Waals surface area contributed by atoms with Crippen molar-refractivity contribution < 1.29 is 4.79 Å². The van der Waals surface area contributed by atoms with E-state index in [1.165, 1.54) is 0 Å². The maximum absolute atomic E-state index is 12.3. The molecule has 2 N–H and O–H groups in total. The molecule has 0 saturated heterocycles. The number of aromatic nitrogens is 1. The van der Waals surface area contributed by atoms with Crippen LogP contribution in [0.5, 0.6) is 0 Å². The number of hydrogen-bond donors (Lipinski definition) is 2. The van der Waals surface area contributed by atoms with Gasteiger partial charge in [0.15, 0.2) is 0 Å². The van der Waals surface area contributed by atoms with Gasteiger partial charge >= 0.3 is 0 Å². The lowest BCUT2D eigenvalue weighted by molar-refractivity contribution is 0.0955. The second-order valence-electron chi connectivity index (χ2n) is 4.97. The molecule has 0 spiro atoms.